The third-order valence-electron chi connectivity index (χ3n) is 5.89. The quantitative estimate of drug-likeness (QED) is 0.334. The number of allylic oxidation sites excluding steroid dienone is 1. The molecule has 4 aromatic rings. The number of benzene rings is 2. The average Bonchev–Trinajstić information content (AvgIpc) is 3.57. The van der Waals surface area contributed by atoms with E-state index in [9.17, 15) is 0 Å². The molecule has 0 spiro atoms. The second-order valence-electron chi connectivity index (χ2n) is 7.95. The van der Waals surface area contributed by atoms with Crippen LogP contribution in [0.4, 0.5) is 0 Å². The maximum Gasteiger partial charge on any atom is 0.258 e. The lowest BCUT2D eigenvalue weighted by molar-refractivity contribution is 0.396. The summed E-state index contributed by atoms with van der Waals surface area (Å²) in [7, 11) is 1.66. The molecule has 5 rings (SSSR count). The zero-order chi connectivity index (χ0) is 23.5. The number of nitrogens with one attached hydrogen (secondary N) is 1. The lowest BCUT2D eigenvalue weighted by atomic mass is 9.94. The fourth-order valence-electron chi connectivity index (χ4n) is 4.12. The Hall–Kier alpha value is -3.49. The number of rotatable bonds is 7. The second kappa shape index (κ2) is 9.79. The van der Waals surface area contributed by atoms with Crippen molar-refractivity contribution in [3.63, 3.8) is 0 Å². The van der Waals surface area contributed by atoms with Gasteiger partial charge < -0.3 is 19.5 Å². The van der Waals surface area contributed by atoms with Crippen molar-refractivity contribution in [3.05, 3.63) is 94.8 Å². The number of methoxy groups -OCH3 is 1. The maximum absolute atomic E-state index is 5.82. The van der Waals surface area contributed by atoms with Crippen LogP contribution in [0.5, 0.6) is 5.75 Å². The van der Waals surface area contributed by atoms with Crippen LogP contribution < -0.4 is 10.1 Å². The molecule has 2 aromatic heterocycles. The van der Waals surface area contributed by atoms with Crippen LogP contribution in [-0.2, 0) is 6.42 Å². The molecule has 172 valence electrons. The number of nitrogens with zero attached hydrogens (tertiary/aromatic N) is 3. The minimum Gasteiger partial charge on any atom is -0.497 e. The molecule has 0 aliphatic carbocycles. The smallest absolute Gasteiger partial charge is 0.258 e. The van der Waals surface area contributed by atoms with Gasteiger partial charge in [-0.25, -0.2) is 0 Å². The van der Waals surface area contributed by atoms with E-state index in [-0.39, 0.29) is 6.04 Å². The minimum atomic E-state index is -0.243. The molecule has 34 heavy (non-hydrogen) atoms. The Morgan fingerprint density at radius 3 is 2.74 bits per heavy atom. The average molecular weight is 489 g/mol. The Morgan fingerprint density at radius 2 is 1.97 bits per heavy atom. The molecular formula is C26H24N4O2S2. The minimum absolute atomic E-state index is 0.243. The highest BCUT2D eigenvalue weighted by Crippen LogP contribution is 2.38. The van der Waals surface area contributed by atoms with E-state index in [0.29, 0.717) is 16.8 Å². The van der Waals surface area contributed by atoms with E-state index in [4.69, 9.17) is 26.5 Å². The summed E-state index contributed by atoms with van der Waals surface area (Å²) < 4.78 is 11.3. The van der Waals surface area contributed by atoms with Crippen molar-refractivity contribution < 1.29 is 9.26 Å². The first-order valence-electron chi connectivity index (χ1n) is 11.0. The van der Waals surface area contributed by atoms with Crippen LogP contribution in [0.2, 0.25) is 0 Å². The number of aromatic nitrogens is 2. The molecule has 1 atom stereocenters. The number of hydrogen-bond donors (Lipinski definition) is 1. The molecule has 0 amide bonds. The predicted molar refractivity (Wildman–Crippen MR) is 139 cm³/mol. The highest BCUT2D eigenvalue weighted by molar-refractivity contribution is 7.80. The van der Waals surface area contributed by atoms with E-state index in [1.807, 2.05) is 47.8 Å². The summed E-state index contributed by atoms with van der Waals surface area (Å²) in [6.07, 6.45) is 0.862. The summed E-state index contributed by atoms with van der Waals surface area (Å²) in [5.41, 5.74) is 4.17. The van der Waals surface area contributed by atoms with Crippen LogP contribution in [-0.4, -0.2) is 33.8 Å². The summed E-state index contributed by atoms with van der Waals surface area (Å²) in [5.74, 6) is 1.84. The monoisotopic (exact) mass is 488 g/mol. The second-order valence-corrected chi connectivity index (χ2v) is 9.28. The zero-order valence-corrected chi connectivity index (χ0v) is 20.5. The number of thiophene rings is 1. The lowest BCUT2D eigenvalue weighted by Crippen LogP contribution is -2.46. The molecule has 1 unspecified atom stereocenters. The van der Waals surface area contributed by atoms with Crippen molar-refractivity contribution in [1.82, 2.24) is 20.4 Å². The summed E-state index contributed by atoms with van der Waals surface area (Å²) in [4.78, 5) is 7.84. The summed E-state index contributed by atoms with van der Waals surface area (Å²) in [6.45, 7) is 2.80. The van der Waals surface area contributed by atoms with Crippen LogP contribution in [0.3, 0.4) is 0 Å². The molecule has 1 aliphatic heterocycles. The summed E-state index contributed by atoms with van der Waals surface area (Å²) in [5, 5.41) is 10.4. The Kier molecular flexibility index (Phi) is 6.42. The Balaban J connectivity index is 1.55. The van der Waals surface area contributed by atoms with E-state index >= 15 is 0 Å². The standard InChI is InChI=1S/C26H24N4O2S2/c1-17-22(25-28-24(29-32-25)21-12-7-15-34-21)23(19-10-6-11-20(16-19)31-2)27-26(33)30(17)14-13-18-8-4-3-5-9-18/h3-12,15-16,23H,13-14H2,1-2H3,(H,27,33). The Morgan fingerprint density at radius 1 is 1.12 bits per heavy atom. The molecule has 0 radical (unpaired) electrons. The Bertz CT molecular complexity index is 1320. The molecule has 2 aromatic carbocycles. The van der Waals surface area contributed by atoms with Gasteiger partial charge in [-0.15, -0.1) is 11.3 Å². The maximum atomic E-state index is 5.82. The third-order valence-corrected chi connectivity index (χ3v) is 7.09. The molecule has 0 bridgehead atoms. The van der Waals surface area contributed by atoms with Crippen molar-refractivity contribution in [2.75, 3.05) is 13.7 Å². The van der Waals surface area contributed by atoms with Gasteiger partial charge in [-0.2, -0.15) is 4.98 Å². The van der Waals surface area contributed by atoms with Gasteiger partial charge in [0.25, 0.3) is 5.89 Å². The summed E-state index contributed by atoms with van der Waals surface area (Å²) >= 11 is 7.40. The van der Waals surface area contributed by atoms with Gasteiger partial charge in [0.2, 0.25) is 5.82 Å². The topological polar surface area (TPSA) is 63.4 Å². The molecule has 0 saturated carbocycles. The van der Waals surface area contributed by atoms with Crippen LogP contribution in [0.15, 0.2) is 82.3 Å². The van der Waals surface area contributed by atoms with E-state index < -0.39 is 0 Å². The SMILES string of the molecule is COc1cccc(C2NC(=S)N(CCc3ccccc3)C(C)=C2c2nc(-c3cccs3)no2)c1. The molecule has 1 aliphatic rings. The zero-order valence-electron chi connectivity index (χ0n) is 18.9. The van der Waals surface area contributed by atoms with Crippen LogP contribution in [0.1, 0.15) is 30.0 Å². The van der Waals surface area contributed by atoms with E-state index in [0.717, 1.165) is 40.4 Å². The molecule has 1 N–H and O–H groups in total. The molecule has 8 heteroatoms. The fourth-order valence-corrected chi connectivity index (χ4v) is 5.12. The first kappa shape index (κ1) is 22.3. The van der Waals surface area contributed by atoms with Gasteiger partial charge in [-0.3, -0.25) is 0 Å². The van der Waals surface area contributed by atoms with Crippen molar-refractivity contribution in [3.8, 4) is 16.5 Å². The van der Waals surface area contributed by atoms with Gasteiger partial charge in [0.05, 0.1) is 23.6 Å². The third kappa shape index (κ3) is 4.47. The Labute approximate surface area is 207 Å². The van der Waals surface area contributed by atoms with Gasteiger partial charge >= 0.3 is 0 Å². The normalized spacial score (nSPS) is 16.0. The van der Waals surface area contributed by atoms with Crippen LogP contribution >= 0.6 is 23.6 Å². The van der Waals surface area contributed by atoms with Crippen molar-refractivity contribution in [2.45, 2.75) is 19.4 Å². The number of hydrogen-bond acceptors (Lipinski definition) is 6. The van der Waals surface area contributed by atoms with Gasteiger partial charge in [-0.1, -0.05) is 53.7 Å². The number of thiocarbonyl (C=S) groups is 1. The van der Waals surface area contributed by atoms with Crippen molar-refractivity contribution >= 4 is 34.2 Å². The molecule has 0 saturated heterocycles. The van der Waals surface area contributed by atoms with E-state index in [2.05, 4.69) is 46.6 Å². The van der Waals surface area contributed by atoms with Gasteiger partial charge in [0.15, 0.2) is 5.11 Å². The number of ether oxygens (including phenoxy) is 1. The molecule has 6 nitrogen and oxygen atoms in total. The lowest BCUT2D eigenvalue weighted by Gasteiger charge is -2.37. The molecule has 3 heterocycles. The van der Waals surface area contributed by atoms with E-state index in [1.54, 1.807) is 18.4 Å². The first-order chi connectivity index (χ1) is 16.6. The highest BCUT2D eigenvalue weighted by Gasteiger charge is 2.34. The fraction of sp³-hybridized carbons (Fsp3) is 0.192. The van der Waals surface area contributed by atoms with Gasteiger partial charge in [-0.05, 0) is 60.3 Å². The van der Waals surface area contributed by atoms with Gasteiger partial charge in [0, 0.05) is 12.2 Å². The highest BCUT2D eigenvalue weighted by atomic mass is 32.1. The van der Waals surface area contributed by atoms with Gasteiger partial charge in [0.1, 0.15) is 5.75 Å². The predicted octanol–water partition coefficient (Wildman–Crippen LogP) is 5.71. The summed E-state index contributed by atoms with van der Waals surface area (Å²) in [6, 6.07) is 22.1. The van der Waals surface area contributed by atoms with Crippen LogP contribution in [0.25, 0.3) is 16.3 Å². The largest absolute Gasteiger partial charge is 0.497 e. The molecular weight excluding hydrogens is 464 g/mol. The first-order valence-corrected chi connectivity index (χ1v) is 12.3. The van der Waals surface area contributed by atoms with Crippen LogP contribution in [0, 0.1) is 0 Å². The van der Waals surface area contributed by atoms with Crippen molar-refractivity contribution in [1.29, 1.82) is 0 Å². The van der Waals surface area contributed by atoms with Crippen molar-refractivity contribution in [2.24, 2.45) is 0 Å². The van der Waals surface area contributed by atoms with E-state index in [1.165, 1.54) is 5.56 Å². The molecule has 0 fully saturated rings.